The zero-order valence-electron chi connectivity index (χ0n) is 11.5. The number of carbonyl (C=O) groups is 2. The van der Waals surface area contributed by atoms with E-state index in [0.717, 1.165) is 18.6 Å². The number of nitrogens with zero attached hydrogens (tertiary/aromatic N) is 1. The van der Waals surface area contributed by atoms with Crippen LogP contribution in [0.2, 0.25) is 0 Å². The highest BCUT2D eigenvalue weighted by atomic mass is 19.1. The minimum absolute atomic E-state index is 0.0365. The summed E-state index contributed by atoms with van der Waals surface area (Å²) in [6.07, 6.45) is 1.79. The molecule has 0 aliphatic carbocycles. The molecule has 0 aliphatic rings. The number of benzene rings is 1. The molecular weight excluding hydrogens is 277 g/mol. The summed E-state index contributed by atoms with van der Waals surface area (Å²) < 4.78 is 13.0. The lowest BCUT2D eigenvalue weighted by Gasteiger charge is -2.15. The van der Waals surface area contributed by atoms with Crippen LogP contribution in [-0.4, -0.2) is 23.1 Å². The van der Waals surface area contributed by atoms with E-state index in [9.17, 15) is 14.0 Å². The summed E-state index contributed by atoms with van der Waals surface area (Å²) in [6.45, 7) is 1.91. The molecule has 0 fully saturated rings. The topological polar surface area (TPSA) is 102 Å². The quantitative estimate of drug-likeness (QED) is 0.749. The summed E-state index contributed by atoms with van der Waals surface area (Å²) in [7, 11) is 0. The molecule has 0 saturated heterocycles. The molecule has 1 aromatic carbocycles. The second-order valence-electron chi connectivity index (χ2n) is 4.43. The molecule has 0 saturated carbocycles. The van der Waals surface area contributed by atoms with Crippen LogP contribution < -0.4 is 10.6 Å². The number of carbonyl (C=O) groups excluding carboxylic acids is 1. The van der Waals surface area contributed by atoms with Gasteiger partial charge in [-0.3, -0.25) is 0 Å². The minimum atomic E-state index is -1.13. The normalized spacial score (nSPS) is 11.3. The summed E-state index contributed by atoms with van der Waals surface area (Å²) in [6, 6.07) is 3.33. The zero-order valence-corrected chi connectivity index (χ0v) is 11.5. The van der Waals surface area contributed by atoms with Crippen molar-refractivity contribution in [2.24, 2.45) is 0 Å². The Labute approximate surface area is 121 Å². The highest BCUT2D eigenvalue weighted by Crippen LogP contribution is 2.15. The molecule has 0 heterocycles. The SMILES string of the molecule is CCCCC(NC(=O)Nc1ccc(F)cc1C#N)C(=O)O. The summed E-state index contributed by atoms with van der Waals surface area (Å²) in [4.78, 5) is 22.8. The number of unbranched alkanes of at least 4 members (excludes halogenated alkanes) is 1. The van der Waals surface area contributed by atoms with Crippen LogP contribution in [0, 0.1) is 17.1 Å². The molecular formula is C14H16FN3O3. The van der Waals surface area contributed by atoms with Crippen molar-refractivity contribution in [2.75, 3.05) is 5.32 Å². The second kappa shape index (κ2) is 7.85. The van der Waals surface area contributed by atoms with Gasteiger partial charge in [0, 0.05) is 0 Å². The second-order valence-corrected chi connectivity index (χ2v) is 4.43. The molecule has 3 N–H and O–H groups in total. The van der Waals surface area contributed by atoms with E-state index < -0.39 is 23.9 Å². The molecule has 112 valence electrons. The lowest BCUT2D eigenvalue weighted by atomic mass is 10.1. The van der Waals surface area contributed by atoms with Gasteiger partial charge in [-0.2, -0.15) is 5.26 Å². The van der Waals surface area contributed by atoms with E-state index in [1.54, 1.807) is 6.07 Å². The Morgan fingerprint density at radius 2 is 2.19 bits per heavy atom. The number of carboxylic acid groups (broad SMARTS) is 1. The fourth-order valence-corrected chi connectivity index (χ4v) is 1.70. The maximum atomic E-state index is 13.0. The van der Waals surface area contributed by atoms with Gasteiger partial charge in [-0.1, -0.05) is 19.8 Å². The molecule has 1 unspecified atom stereocenters. The number of halogens is 1. The van der Waals surface area contributed by atoms with Crippen molar-refractivity contribution in [1.82, 2.24) is 5.32 Å². The van der Waals surface area contributed by atoms with Gasteiger partial charge in [0.05, 0.1) is 11.3 Å². The summed E-state index contributed by atoms with van der Waals surface area (Å²) in [5.74, 6) is -1.72. The first-order chi connectivity index (χ1) is 9.97. The van der Waals surface area contributed by atoms with Crippen molar-refractivity contribution in [3.05, 3.63) is 29.6 Å². The van der Waals surface area contributed by atoms with Crippen LogP contribution in [-0.2, 0) is 4.79 Å². The van der Waals surface area contributed by atoms with Gasteiger partial charge in [0.1, 0.15) is 17.9 Å². The molecule has 1 aromatic rings. The van der Waals surface area contributed by atoms with E-state index >= 15 is 0 Å². The number of nitrogens with one attached hydrogen (secondary N) is 2. The highest BCUT2D eigenvalue weighted by molar-refractivity contribution is 5.93. The molecule has 0 aliphatic heterocycles. The van der Waals surface area contributed by atoms with Crippen LogP contribution >= 0.6 is 0 Å². The Morgan fingerprint density at radius 1 is 1.48 bits per heavy atom. The minimum Gasteiger partial charge on any atom is -0.480 e. The molecule has 7 heteroatoms. The smallest absolute Gasteiger partial charge is 0.326 e. The third kappa shape index (κ3) is 5.10. The third-order valence-electron chi connectivity index (χ3n) is 2.80. The van der Waals surface area contributed by atoms with Crippen molar-refractivity contribution in [3.8, 4) is 6.07 Å². The van der Waals surface area contributed by atoms with Gasteiger partial charge in [0.2, 0.25) is 0 Å². The van der Waals surface area contributed by atoms with Gasteiger partial charge in [-0.05, 0) is 24.6 Å². The van der Waals surface area contributed by atoms with Crippen LogP contribution in [0.5, 0.6) is 0 Å². The van der Waals surface area contributed by atoms with Gasteiger partial charge in [0.25, 0.3) is 0 Å². The standard InChI is InChI=1S/C14H16FN3O3/c1-2-3-4-12(13(19)20)18-14(21)17-11-6-5-10(15)7-9(11)8-16/h5-7,12H,2-4H2,1H3,(H,19,20)(H2,17,18,21). The Balaban J connectivity index is 2.72. The van der Waals surface area contributed by atoms with E-state index in [4.69, 9.17) is 10.4 Å². The Kier molecular flexibility index (Phi) is 6.14. The number of aliphatic carboxylic acids is 1. The van der Waals surface area contributed by atoms with E-state index in [1.807, 2.05) is 6.92 Å². The fourth-order valence-electron chi connectivity index (χ4n) is 1.70. The van der Waals surface area contributed by atoms with Crippen LogP contribution in [0.15, 0.2) is 18.2 Å². The number of anilines is 1. The molecule has 1 rings (SSSR count). The van der Waals surface area contributed by atoms with Gasteiger partial charge in [-0.25, -0.2) is 14.0 Å². The molecule has 0 bridgehead atoms. The van der Waals surface area contributed by atoms with E-state index in [1.165, 1.54) is 6.07 Å². The lowest BCUT2D eigenvalue weighted by Crippen LogP contribution is -2.43. The summed E-state index contributed by atoms with van der Waals surface area (Å²) in [5.41, 5.74) is 0.0848. The average molecular weight is 293 g/mol. The fraction of sp³-hybridized carbons (Fsp3) is 0.357. The molecule has 0 aromatic heterocycles. The van der Waals surface area contributed by atoms with Crippen LogP contribution in [0.1, 0.15) is 31.7 Å². The van der Waals surface area contributed by atoms with Crippen molar-refractivity contribution < 1.29 is 19.1 Å². The third-order valence-corrected chi connectivity index (χ3v) is 2.80. The van der Waals surface area contributed by atoms with Crippen LogP contribution in [0.25, 0.3) is 0 Å². The first-order valence-electron chi connectivity index (χ1n) is 6.48. The number of amides is 2. The van der Waals surface area contributed by atoms with Crippen molar-refractivity contribution in [2.45, 2.75) is 32.2 Å². The predicted octanol–water partition coefficient (Wildman–Crippen LogP) is 2.46. The van der Waals surface area contributed by atoms with E-state index in [2.05, 4.69) is 10.6 Å². The van der Waals surface area contributed by atoms with Crippen LogP contribution in [0.3, 0.4) is 0 Å². The molecule has 6 nitrogen and oxygen atoms in total. The number of hydrogen-bond donors (Lipinski definition) is 3. The zero-order chi connectivity index (χ0) is 15.8. The first-order valence-corrected chi connectivity index (χ1v) is 6.48. The molecule has 21 heavy (non-hydrogen) atoms. The van der Waals surface area contributed by atoms with Gasteiger partial charge < -0.3 is 15.7 Å². The molecule has 2 amide bonds. The van der Waals surface area contributed by atoms with Crippen LogP contribution in [0.4, 0.5) is 14.9 Å². The number of hydrogen-bond acceptors (Lipinski definition) is 3. The maximum absolute atomic E-state index is 13.0. The lowest BCUT2D eigenvalue weighted by molar-refractivity contribution is -0.139. The van der Waals surface area contributed by atoms with Gasteiger partial charge in [0.15, 0.2) is 0 Å². The maximum Gasteiger partial charge on any atom is 0.326 e. The Morgan fingerprint density at radius 3 is 2.76 bits per heavy atom. The van der Waals surface area contributed by atoms with E-state index in [0.29, 0.717) is 12.8 Å². The van der Waals surface area contributed by atoms with Crippen molar-refractivity contribution in [1.29, 1.82) is 5.26 Å². The van der Waals surface area contributed by atoms with Crippen molar-refractivity contribution >= 4 is 17.7 Å². The van der Waals surface area contributed by atoms with Crippen molar-refractivity contribution in [3.63, 3.8) is 0 Å². The Hall–Kier alpha value is -2.62. The Bertz CT molecular complexity index is 569. The molecule has 1 atom stereocenters. The van der Waals surface area contributed by atoms with Gasteiger partial charge in [-0.15, -0.1) is 0 Å². The molecule has 0 spiro atoms. The summed E-state index contributed by atoms with van der Waals surface area (Å²) in [5, 5.41) is 22.5. The van der Waals surface area contributed by atoms with E-state index in [-0.39, 0.29) is 11.3 Å². The highest BCUT2D eigenvalue weighted by Gasteiger charge is 2.19. The van der Waals surface area contributed by atoms with Gasteiger partial charge >= 0.3 is 12.0 Å². The molecule has 0 radical (unpaired) electrons. The largest absolute Gasteiger partial charge is 0.480 e. The number of nitriles is 1. The number of urea groups is 1. The average Bonchev–Trinajstić information content (AvgIpc) is 2.44. The summed E-state index contributed by atoms with van der Waals surface area (Å²) >= 11 is 0. The number of carboxylic acids is 1. The first kappa shape index (κ1) is 16.4. The number of rotatable bonds is 6. The monoisotopic (exact) mass is 293 g/mol. The predicted molar refractivity (Wildman–Crippen MR) is 74.2 cm³/mol.